The molecule has 0 amide bonds. The van der Waals surface area contributed by atoms with Crippen LogP contribution in [0.5, 0.6) is 0 Å². The zero-order chi connectivity index (χ0) is 24.5. The molecule has 1 aliphatic heterocycles. The van der Waals surface area contributed by atoms with E-state index in [-0.39, 0.29) is 36.1 Å². The van der Waals surface area contributed by atoms with E-state index in [1.165, 1.54) is 39.7 Å². The lowest BCUT2D eigenvalue weighted by Crippen LogP contribution is -2.42. The van der Waals surface area contributed by atoms with Crippen molar-refractivity contribution in [3.63, 3.8) is 0 Å². The van der Waals surface area contributed by atoms with Crippen molar-refractivity contribution in [3.8, 4) is 11.8 Å². The molecule has 0 spiro atoms. The maximum Gasteiger partial charge on any atom is 0.337 e. The standard InChI is InChI=1S/C25H20FN5O4/c26-18-7-9-19(10-8-18)31-23-22(24(33)30(25(31)34)13-20-2-1-11-35-20)29(15-28-23)14-21(32)17-5-3-16(12-27)4-6-17/h3-10,15,20H,1-2,11,13-14H2. The van der Waals surface area contributed by atoms with Gasteiger partial charge in [0.2, 0.25) is 0 Å². The number of Topliss-reactive ketones (excluding diaryl/α,β-unsaturated/α-hetero) is 1. The lowest BCUT2D eigenvalue weighted by molar-refractivity contribution is 0.0947. The van der Waals surface area contributed by atoms with Crippen LogP contribution in [0.15, 0.2) is 64.4 Å². The number of ether oxygens (including phenoxy) is 1. The highest BCUT2D eigenvalue weighted by molar-refractivity contribution is 5.96. The van der Waals surface area contributed by atoms with E-state index in [0.717, 1.165) is 17.4 Å². The van der Waals surface area contributed by atoms with Gasteiger partial charge in [-0.1, -0.05) is 12.1 Å². The van der Waals surface area contributed by atoms with Gasteiger partial charge >= 0.3 is 5.69 Å². The molecule has 2 aromatic carbocycles. The third-order valence-corrected chi connectivity index (χ3v) is 6.05. The van der Waals surface area contributed by atoms with E-state index in [4.69, 9.17) is 10.00 Å². The van der Waals surface area contributed by atoms with Crippen molar-refractivity contribution in [1.82, 2.24) is 18.7 Å². The highest BCUT2D eigenvalue weighted by atomic mass is 19.1. The number of fused-ring (bicyclic) bond motifs is 1. The number of carbonyl (C=O) groups is 1. The first-order valence-corrected chi connectivity index (χ1v) is 11.1. The number of halogens is 1. The largest absolute Gasteiger partial charge is 0.376 e. The van der Waals surface area contributed by atoms with Crippen molar-refractivity contribution in [3.05, 3.63) is 92.6 Å². The molecule has 176 valence electrons. The Morgan fingerprint density at radius 1 is 1.14 bits per heavy atom. The second-order valence-corrected chi connectivity index (χ2v) is 8.30. The fourth-order valence-electron chi connectivity index (χ4n) is 4.25. The van der Waals surface area contributed by atoms with Crippen molar-refractivity contribution in [1.29, 1.82) is 5.26 Å². The van der Waals surface area contributed by atoms with Gasteiger partial charge in [-0.3, -0.25) is 14.2 Å². The molecule has 4 aromatic rings. The summed E-state index contributed by atoms with van der Waals surface area (Å²) in [5, 5.41) is 8.97. The van der Waals surface area contributed by atoms with Gasteiger partial charge in [0.15, 0.2) is 16.9 Å². The number of rotatable bonds is 6. The van der Waals surface area contributed by atoms with Gasteiger partial charge in [0.05, 0.1) is 42.8 Å². The van der Waals surface area contributed by atoms with Crippen LogP contribution in [0.2, 0.25) is 0 Å². The Morgan fingerprint density at radius 2 is 1.89 bits per heavy atom. The second kappa shape index (κ2) is 9.12. The monoisotopic (exact) mass is 473 g/mol. The van der Waals surface area contributed by atoms with Crippen molar-refractivity contribution >= 4 is 16.9 Å². The molecule has 1 atom stereocenters. The normalized spacial score (nSPS) is 15.4. The van der Waals surface area contributed by atoms with Crippen LogP contribution in [0.1, 0.15) is 28.8 Å². The summed E-state index contributed by atoms with van der Waals surface area (Å²) < 4.78 is 22.9. The molecule has 0 radical (unpaired) electrons. The Hall–Kier alpha value is -4.36. The minimum absolute atomic E-state index is 0.0591. The molecule has 9 nitrogen and oxygen atoms in total. The van der Waals surface area contributed by atoms with E-state index < -0.39 is 17.1 Å². The number of nitrogens with zero attached hydrogens (tertiary/aromatic N) is 5. The smallest absolute Gasteiger partial charge is 0.337 e. The third-order valence-electron chi connectivity index (χ3n) is 6.05. The Morgan fingerprint density at radius 3 is 2.54 bits per heavy atom. The second-order valence-electron chi connectivity index (χ2n) is 8.30. The van der Waals surface area contributed by atoms with Crippen molar-refractivity contribution in [2.24, 2.45) is 0 Å². The number of carbonyl (C=O) groups excluding carboxylic acids is 1. The number of imidazole rings is 1. The Bertz CT molecular complexity index is 1570. The van der Waals surface area contributed by atoms with E-state index in [9.17, 15) is 18.8 Å². The molecule has 1 unspecified atom stereocenters. The first-order chi connectivity index (χ1) is 17.0. The van der Waals surface area contributed by atoms with Gasteiger partial charge in [0, 0.05) is 12.2 Å². The lowest BCUT2D eigenvalue weighted by Gasteiger charge is -2.15. The first-order valence-electron chi connectivity index (χ1n) is 11.1. The summed E-state index contributed by atoms with van der Waals surface area (Å²) in [6.45, 7) is 0.424. The summed E-state index contributed by atoms with van der Waals surface area (Å²) >= 11 is 0. The summed E-state index contributed by atoms with van der Waals surface area (Å²) in [6, 6.07) is 13.5. The molecular formula is C25H20FN5O4. The highest BCUT2D eigenvalue weighted by Crippen LogP contribution is 2.17. The van der Waals surface area contributed by atoms with Crippen LogP contribution < -0.4 is 11.2 Å². The maximum atomic E-state index is 13.6. The number of benzene rings is 2. The minimum atomic E-state index is -0.617. The van der Waals surface area contributed by atoms with Gasteiger partial charge in [-0.25, -0.2) is 18.7 Å². The molecule has 1 aliphatic rings. The van der Waals surface area contributed by atoms with Crippen LogP contribution in [0.4, 0.5) is 4.39 Å². The zero-order valence-electron chi connectivity index (χ0n) is 18.6. The topological polar surface area (TPSA) is 112 Å². The molecule has 1 saturated heterocycles. The number of ketones is 1. The first kappa shape index (κ1) is 22.4. The molecule has 3 heterocycles. The summed E-state index contributed by atoms with van der Waals surface area (Å²) in [5.74, 6) is -0.761. The van der Waals surface area contributed by atoms with Gasteiger partial charge in [-0.2, -0.15) is 5.26 Å². The fraction of sp³-hybridized carbons (Fsp3) is 0.240. The summed E-state index contributed by atoms with van der Waals surface area (Å²) in [6.07, 6.45) is 2.61. The van der Waals surface area contributed by atoms with Crippen LogP contribution in [0.25, 0.3) is 16.9 Å². The van der Waals surface area contributed by atoms with Gasteiger partial charge < -0.3 is 9.30 Å². The molecular weight excluding hydrogens is 453 g/mol. The molecule has 10 heteroatoms. The molecule has 0 bridgehead atoms. The SMILES string of the molecule is N#Cc1ccc(C(=O)Cn2cnc3c2c(=O)n(CC2CCCO2)c(=O)n3-c2ccc(F)cc2)cc1. The lowest BCUT2D eigenvalue weighted by atomic mass is 10.1. The Balaban J connectivity index is 1.64. The molecule has 35 heavy (non-hydrogen) atoms. The number of nitriles is 1. The number of hydrogen-bond acceptors (Lipinski definition) is 6. The van der Waals surface area contributed by atoms with Crippen molar-refractivity contribution in [2.45, 2.75) is 32.0 Å². The zero-order valence-corrected chi connectivity index (χ0v) is 18.6. The van der Waals surface area contributed by atoms with Crippen LogP contribution in [-0.4, -0.2) is 37.2 Å². The van der Waals surface area contributed by atoms with E-state index in [0.29, 0.717) is 23.4 Å². The predicted molar refractivity (Wildman–Crippen MR) is 124 cm³/mol. The van der Waals surface area contributed by atoms with Gasteiger partial charge in [-0.05, 0) is 49.2 Å². The molecule has 5 rings (SSSR count). The van der Waals surface area contributed by atoms with Crippen molar-refractivity contribution in [2.75, 3.05) is 6.61 Å². The number of hydrogen-bond donors (Lipinski definition) is 0. The highest BCUT2D eigenvalue weighted by Gasteiger charge is 2.24. The average Bonchev–Trinajstić information content (AvgIpc) is 3.53. The van der Waals surface area contributed by atoms with Crippen LogP contribution in [-0.2, 0) is 17.8 Å². The van der Waals surface area contributed by atoms with E-state index in [1.54, 1.807) is 24.3 Å². The molecule has 0 saturated carbocycles. The molecule has 2 aromatic heterocycles. The van der Waals surface area contributed by atoms with E-state index in [1.807, 2.05) is 6.07 Å². The maximum absolute atomic E-state index is 13.6. The van der Waals surface area contributed by atoms with E-state index in [2.05, 4.69) is 4.98 Å². The van der Waals surface area contributed by atoms with Gasteiger partial charge in [0.1, 0.15) is 5.82 Å². The quantitative estimate of drug-likeness (QED) is 0.398. The van der Waals surface area contributed by atoms with Crippen molar-refractivity contribution < 1.29 is 13.9 Å². The summed E-state index contributed by atoms with van der Waals surface area (Å²) in [7, 11) is 0. The van der Waals surface area contributed by atoms with Gasteiger partial charge in [0.25, 0.3) is 5.56 Å². The third kappa shape index (κ3) is 4.18. The van der Waals surface area contributed by atoms with Crippen LogP contribution in [0.3, 0.4) is 0 Å². The Kier molecular flexibility index (Phi) is 5.84. The summed E-state index contributed by atoms with van der Waals surface area (Å²) in [5.41, 5.74) is 0.0903. The number of aromatic nitrogens is 4. The van der Waals surface area contributed by atoms with E-state index >= 15 is 0 Å². The summed E-state index contributed by atoms with van der Waals surface area (Å²) in [4.78, 5) is 44.1. The average molecular weight is 473 g/mol. The van der Waals surface area contributed by atoms with Crippen LogP contribution in [0, 0.1) is 17.1 Å². The Labute approximate surface area is 198 Å². The van der Waals surface area contributed by atoms with Crippen LogP contribution >= 0.6 is 0 Å². The minimum Gasteiger partial charge on any atom is -0.376 e. The predicted octanol–water partition coefficient (Wildman–Crippen LogP) is 2.42. The molecule has 0 aliphatic carbocycles. The van der Waals surface area contributed by atoms with Gasteiger partial charge in [-0.15, -0.1) is 0 Å². The molecule has 0 N–H and O–H groups in total. The fourth-order valence-corrected chi connectivity index (χ4v) is 4.25. The molecule has 1 fully saturated rings.